The van der Waals surface area contributed by atoms with Crippen molar-refractivity contribution in [2.75, 3.05) is 39.4 Å². The van der Waals surface area contributed by atoms with E-state index in [-0.39, 0.29) is 23.8 Å². The molecule has 3 heterocycles. The van der Waals surface area contributed by atoms with Crippen LogP contribution >= 0.6 is 11.3 Å². The first-order chi connectivity index (χ1) is 14.3. The molecule has 1 amide bonds. The number of halogens is 3. The first-order valence-electron chi connectivity index (χ1n) is 9.35. The van der Waals surface area contributed by atoms with E-state index in [1.807, 2.05) is 6.20 Å². The van der Waals surface area contributed by atoms with Gasteiger partial charge in [0.2, 0.25) is 0 Å². The molecule has 0 aliphatic carbocycles. The molecule has 0 saturated carbocycles. The van der Waals surface area contributed by atoms with E-state index in [2.05, 4.69) is 14.6 Å². The van der Waals surface area contributed by atoms with Gasteiger partial charge in [-0.05, 0) is 24.3 Å². The Balaban J connectivity index is 1.41. The molecule has 1 aromatic heterocycles. The summed E-state index contributed by atoms with van der Waals surface area (Å²) in [7, 11) is 0. The van der Waals surface area contributed by atoms with Gasteiger partial charge in [0.15, 0.2) is 5.79 Å². The number of carbonyl (C=O) groups excluding carboxylic acids is 1. The van der Waals surface area contributed by atoms with Crippen molar-refractivity contribution in [3.05, 3.63) is 46.4 Å². The fraction of sp³-hybridized carbons (Fsp3) is 0.474. The molecule has 162 valence electrons. The van der Waals surface area contributed by atoms with E-state index in [1.165, 1.54) is 12.1 Å². The number of amides is 1. The Kier molecular flexibility index (Phi) is 5.96. The zero-order valence-electron chi connectivity index (χ0n) is 15.9. The number of carbonyl (C=O) groups is 1. The number of alkyl halides is 3. The van der Waals surface area contributed by atoms with Gasteiger partial charge in [-0.2, -0.15) is 0 Å². The minimum atomic E-state index is -4.77. The smallest absolute Gasteiger partial charge is 0.406 e. The molecule has 1 atom stereocenters. The van der Waals surface area contributed by atoms with Crippen molar-refractivity contribution in [1.82, 2.24) is 14.8 Å². The summed E-state index contributed by atoms with van der Waals surface area (Å²) in [5, 5.41) is 0. The fourth-order valence-corrected chi connectivity index (χ4v) is 4.23. The predicted octanol–water partition coefficient (Wildman–Crippen LogP) is 2.74. The zero-order chi connectivity index (χ0) is 21.2. The summed E-state index contributed by atoms with van der Waals surface area (Å²) in [5.41, 5.74) is 2.06. The van der Waals surface area contributed by atoms with Gasteiger partial charge in [0.1, 0.15) is 5.75 Å². The molecule has 4 rings (SSSR count). The number of hydrogen-bond donors (Lipinski definition) is 0. The molecule has 1 spiro atoms. The molecule has 2 fully saturated rings. The van der Waals surface area contributed by atoms with Crippen LogP contribution in [0.1, 0.15) is 15.2 Å². The van der Waals surface area contributed by atoms with Crippen molar-refractivity contribution in [3.63, 3.8) is 0 Å². The minimum Gasteiger partial charge on any atom is -0.406 e. The molecule has 30 heavy (non-hydrogen) atoms. The van der Waals surface area contributed by atoms with E-state index in [9.17, 15) is 18.0 Å². The van der Waals surface area contributed by atoms with E-state index >= 15 is 0 Å². The molecule has 2 aromatic rings. The number of thiazole rings is 1. The highest BCUT2D eigenvalue weighted by Gasteiger charge is 2.43. The number of morpholine rings is 2. The molecule has 7 nitrogen and oxygen atoms in total. The van der Waals surface area contributed by atoms with E-state index in [4.69, 9.17) is 9.47 Å². The number of hydrogen-bond acceptors (Lipinski definition) is 7. The summed E-state index contributed by atoms with van der Waals surface area (Å²) in [6.07, 6.45) is -2.94. The minimum absolute atomic E-state index is 0.242. The van der Waals surface area contributed by atoms with Crippen LogP contribution in [0.3, 0.4) is 0 Å². The topological polar surface area (TPSA) is 64.1 Å². The van der Waals surface area contributed by atoms with Crippen molar-refractivity contribution >= 4 is 17.2 Å². The molecule has 1 unspecified atom stereocenters. The third kappa shape index (κ3) is 5.09. The Morgan fingerprint density at radius 2 is 1.90 bits per heavy atom. The van der Waals surface area contributed by atoms with Gasteiger partial charge in [-0.3, -0.25) is 14.7 Å². The molecule has 2 aliphatic rings. The quantitative estimate of drug-likeness (QED) is 0.724. The van der Waals surface area contributed by atoms with Crippen LogP contribution in [-0.2, 0) is 16.0 Å². The van der Waals surface area contributed by atoms with Crippen molar-refractivity contribution in [1.29, 1.82) is 0 Å². The molecule has 0 bridgehead atoms. The predicted molar refractivity (Wildman–Crippen MR) is 101 cm³/mol. The summed E-state index contributed by atoms with van der Waals surface area (Å²) in [5.74, 6) is -1.58. The summed E-state index contributed by atoms with van der Waals surface area (Å²) in [6.45, 7) is 3.39. The second kappa shape index (κ2) is 8.50. The van der Waals surface area contributed by atoms with Gasteiger partial charge in [-0.25, -0.2) is 0 Å². The van der Waals surface area contributed by atoms with Gasteiger partial charge < -0.3 is 19.1 Å². The van der Waals surface area contributed by atoms with E-state index in [0.29, 0.717) is 26.3 Å². The molecule has 2 saturated heterocycles. The van der Waals surface area contributed by atoms with Gasteiger partial charge in [-0.1, -0.05) is 0 Å². The third-order valence-electron chi connectivity index (χ3n) is 4.88. The normalized spacial score (nSPS) is 23.0. The van der Waals surface area contributed by atoms with E-state index < -0.39 is 12.1 Å². The standard InChI is InChI=1S/C19H20F3N3O4S/c20-19(21,22)29-15-3-1-14(2-4-15)17(26)25-6-8-28-18(12-25)11-24(5-7-27-18)10-16-9-23-13-30-16/h1-4,9,13H,5-8,10-12H2. The van der Waals surface area contributed by atoms with Crippen LogP contribution < -0.4 is 4.74 Å². The maximum atomic E-state index is 12.9. The van der Waals surface area contributed by atoms with Crippen LogP contribution in [0.25, 0.3) is 0 Å². The number of nitrogens with zero attached hydrogens (tertiary/aromatic N) is 3. The van der Waals surface area contributed by atoms with Crippen LogP contribution in [-0.4, -0.2) is 72.2 Å². The first kappa shape index (κ1) is 21.0. The lowest BCUT2D eigenvalue weighted by molar-refractivity contribution is -0.287. The lowest BCUT2D eigenvalue weighted by Crippen LogP contribution is -2.62. The summed E-state index contributed by atoms with van der Waals surface area (Å²) >= 11 is 1.58. The highest BCUT2D eigenvalue weighted by Crippen LogP contribution is 2.28. The monoisotopic (exact) mass is 443 g/mol. The Morgan fingerprint density at radius 3 is 2.57 bits per heavy atom. The SMILES string of the molecule is O=C(c1ccc(OC(F)(F)F)cc1)N1CCOC2(CN(Cc3cncs3)CCO2)C1. The molecular formula is C19H20F3N3O4S. The van der Waals surface area contributed by atoms with Gasteiger partial charge in [0, 0.05) is 36.3 Å². The summed E-state index contributed by atoms with van der Waals surface area (Å²) in [6, 6.07) is 4.91. The molecular weight excluding hydrogens is 423 g/mol. The van der Waals surface area contributed by atoms with Crippen molar-refractivity contribution in [2.45, 2.75) is 18.7 Å². The van der Waals surface area contributed by atoms with Crippen LogP contribution in [0.5, 0.6) is 5.75 Å². The number of rotatable bonds is 4. The highest BCUT2D eigenvalue weighted by atomic mass is 32.1. The second-order valence-corrected chi connectivity index (χ2v) is 8.06. The lowest BCUT2D eigenvalue weighted by Gasteiger charge is -2.47. The van der Waals surface area contributed by atoms with Crippen LogP contribution in [0.15, 0.2) is 36.0 Å². The Bertz CT molecular complexity index is 859. The number of ether oxygens (including phenoxy) is 3. The van der Waals surface area contributed by atoms with Crippen LogP contribution in [0, 0.1) is 0 Å². The maximum absolute atomic E-state index is 12.9. The average molecular weight is 443 g/mol. The zero-order valence-corrected chi connectivity index (χ0v) is 16.7. The summed E-state index contributed by atoms with van der Waals surface area (Å²) < 4.78 is 52.7. The van der Waals surface area contributed by atoms with Crippen molar-refractivity contribution < 1.29 is 32.2 Å². The van der Waals surface area contributed by atoms with Gasteiger partial charge >= 0.3 is 6.36 Å². The largest absolute Gasteiger partial charge is 0.573 e. The third-order valence-corrected chi connectivity index (χ3v) is 5.64. The summed E-state index contributed by atoms with van der Waals surface area (Å²) in [4.78, 5) is 21.9. The second-order valence-electron chi connectivity index (χ2n) is 7.08. The molecule has 11 heteroatoms. The Labute approximate surface area is 175 Å². The fourth-order valence-electron chi connectivity index (χ4n) is 3.60. The number of aromatic nitrogens is 1. The van der Waals surface area contributed by atoms with E-state index in [0.717, 1.165) is 30.1 Å². The van der Waals surface area contributed by atoms with Crippen LogP contribution in [0.2, 0.25) is 0 Å². The first-order valence-corrected chi connectivity index (χ1v) is 10.2. The average Bonchev–Trinajstić information content (AvgIpc) is 3.20. The van der Waals surface area contributed by atoms with Crippen molar-refractivity contribution in [3.8, 4) is 5.75 Å². The van der Waals surface area contributed by atoms with Crippen molar-refractivity contribution in [2.24, 2.45) is 0 Å². The molecule has 0 radical (unpaired) electrons. The lowest BCUT2D eigenvalue weighted by atomic mass is 10.1. The maximum Gasteiger partial charge on any atom is 0.573 e. The highest BCUT2D eigenvalue weighted by molar-refractivity contribution is 7.09. The molecule has 2 aliphatic heterocycles. The molecule has 1 aromatic carbocycles. The van der Waals surface area contributed by atoms with Gasteiger partial charge in [-0.15, -0.1) is 24.5 Å². The number of benzene rings is 1. The van der Waals surface area contributed by atoms with Gasteiger partial charge in [0.05, 0.1) is 31.8 Å². The van der Waals surface area contributed by atoms with Gasteiger partial charge in [0.25, 0.3) is 5.91 Å². The Hall–Kier alpha value is -2.21. The Morgan fingerprint density at radius 1 is 1.17 bits per heavy atom. The molecule has 0 N–H and O–H groups in total. The van der Waals surface area contributed by atoms with Crippen LogP contribution in [0.4, 0.5) is 13.2 Å². The van der Waals surface area contributed by atoms with E-state index in [1.54, 1.807) is 21.7 Å².